The van der Waals surface area contributed by atoms with Gasteiger partial charge in [0, 0.05) is 36.6 Å². The number of carbonyl (C=O) groups is 1. The lowest BCUT2D eigenvalue weighted by molar-refractivity contribution is 0.0748. The minimum atomic E-state index is 0.0819. The fraction of sp³-hybridized carbons (Fsp3) is 0.500. The SMILES string of the molecule is Cc1cc(C(=O)N(CCN)C2CC2)ccn1. The molecule has 1 aromatic heterocycles. The summed E-state index contributed by atoms with van der Waals surface area (Å²) in [7, 11) is 0. The molecule has 1 amide bonds. The van der Waals surface area contributed by atoms with Crippen molar-refractivity contribution in [2.45, 2.75) is 25.8 Å². The highest BCUT2D eigenvalue weighted by Gasteiger charge is 2.32. The highest BCUT2D eigenvalue weighted by atomic mass is 16.2. The number of carbonyl (C=O) groups excluding carboxylic acids is 1. The van der Waals surface area contributed by atoms with Crippen LogP contribution in [0.2, 0.25) is 0 Å². The van der Waals surface area contributed by atoms with E-state index in [-0.39, 0.29) is 5.91 Å². The Hall–Kier alpha value is -1.42. The van der Waals surface area contributed by atoms with E-state index < -0.39 is 0 Å². The van der Waals surface area contributed by atoms with Gasteiger partial charge in [0.15, 0.2) is 0 Å². The molecule has 4 heteroatoms. The number of hydrogen-bond acceptors (Lipinski definition) is 3. The summed E-state index contributed by atoms with van der Waals surface area (Å²) in [5, 5.41) is 0. The first-order valence-electron chi connectivity index (χ1n) is 5.66. The van der Waals surface area contributed by atoms with Crippen molar-refractivity contribution in [3.05, 3.63) is 29.6 Å². The van der Waals surface area contributed by atoms with Crippen LogP contribution < -0.4 is 5.73 Å². The van der Waals surface area contributed by atoms with Crippen LogP contribution in [0.3, 0.4) is 0 Å². The quantitative estimate of drug-likeness (QED) is 0.820. The zero-order chi connectivity index (χ0) is 11.5. The molecule has 1 heterocycles. The Morgan fingerprint density at radius 1 is 1.62 bits per heavy atom. The third kappa shape index (κ3) is 2.39. The van der Waals surface area contributed by atoms with Crippen molar-refractivity contribution in [2.75, 3.05) is 13.1 Å². The zero-order valence-corrected chi connectivity index (χ0v) is 9.52. The molecule has 1 aliphatic rings. The van der Waals surface area contributed by atoms with Gasteiger partial charge in [0.25, 0.3) is 5.91 Å². The highest BCUT2D eigenvalue weighted by molar-refractivity contribution is 5.94. The fourth-order valence-corrected chi connectivity index (χ4v) is 1.82. The van der Waals surface area contributed by atoms with E-state index >= 15 is 0 Å². The summed E-state index contributed by atoms with van der Waals surface area (Å²) in [5.74, 6) is 0.0819. The maximum atomic E-state index is 12.2. The molecule has 2 rings (SSSR count). The molecule has 1 aromatic rings. The Kier molecular flexibility index (Phi) is 3.19. The average molecular weight is 219 g/mol. The van der Waals surface area contributed by atoms with Crippen molar-refractivity contribution in [3.8, 4) is 0 Å². The van der Waals surface area contributed by atoms with Crippen LogP contribution >= 0.6 is 0 Å². The van der Waals surface area contributed by atoms with E-state index in [9.17, 15) is 4.79 Å². The lowest BCUT2D eigenvalue weighted by Gasteiger charge is -2.21. The second kappa shape index (κ2) is 4.61. The predicted molar refractivity (Wildman–Crippen MR) is 62.1 cm³/mol. The molecule has 1 saturated carbocycles. The molecule has 0 unspecified atom stereocenters. The summed E-state index contributed by atoms with van der Waals surface area (Å²) in [6, 6.07) is 4.00. The monoisotopic (exact) mass is 219 g/mol. The van der Waals surface area contributed by atoms with Gasteiger partial charge in [-0.2, -0.15) is 0 Å². The van der Waals surface area contributed by atoms with Crippen molar-refractivity contribution < 1.29 is 4.79 Å². The largest absolute Gasteiger partial charge is 0.334 e. The average Bonchev–Trinajstić information content (AvgIpc) is 3.09. The molecule has 4 nitrogen and oxygen atoms in total. The Balaban J connectivity index is 2.15. The van der Waals surface area contributed by atoms with Crippen LogP contribution in [-0.4, -0.2) is 34.9 Å². The number of aromatic nitrogens is 1. The molecule has 0 bridgehead atoms. The number of nitrogens with two attached hydrogens (primary N) is 1. The third-order valence-corrected chi connectivity index (χ3v) is 2.76. The van der Waals surface area contributed by atoms with E-state index in [1.165, 1.54) is 0 Å². The van der Waals surface area contributed by atoms with Crippen molar-refractivity contribution in [1.29, 1.82) is 0 Å². The molecule has 86 valence electrons. The second-order valence-corrected chi connectivity index (χ2v) is 4.20. The van der Waals surface area contributed by atoms with Crippen molar-refractivity contribution in [2.24, 2.45) is 5.73 Å². The van der Waals surface area contributed by atoms with E-state index in [0.29, 0.717) is 24.7 Å². The lowest BCUT2D eigenvalue weighted by atomic mass is 10.2. The fourth-order valence-electron chi connectivity index (χ4n) is 1.82. The van der Waals surface area contributed by atoms with Gasteiger partial charge < -0.3 is 10.6 Å². The molecule has 0 aliphatic heterocycles. The van der Waals surface area contributed by atoms with Crippen LogP contribution in [0.1, 0.15) is 28.9 Å². The van der Waals surface area contributed by atoms with Crippen LogP contribution in [0.25, 0.3) is 0 Å². The van der Waals surface area contributed by atoms with E-state index in [1.54, 1.807) is 12.3 Å². The van der Waals surface area contributed by atoms with Crippen LogP contribution in [0, 0.1) is 6.92 Å². The molecule has 0 radical (unpaired) electrons. The smallest absolute Gasteiger partial charge is 0.254 e. The number of hydrogen-bond donors (Lipinski definition) is 1. The maximum absolute atomic E-state index is 12.2. The first-order chi connectivity index (χ1) is 7.72. The number of aryl methyl sites for hydroxylation is 1. The summed E-state index contributed by atoms with van der Waals surface area (Å²) < 4.78 is 0. The van der Waals surface area contributed by atoms with Crippen molar-refractivity contribution in [1.82, 2.24) is 9.88 Å². The third-order valence-electron chi connectivity index (χ3n) is 2.76. The number of amides is 1. The van der Waals surface area contributed by atoms with E-state index in [0.717, 1.165) is 18.5 Å². The highest BCUT2D eigenvalue weighted by Crippen LogP contribution is 2.27. The van der Waals surface area contributed by atoms with Crippen LogP contribution in [0.5, 0.6) is 0 Å². The first kappa shape index (κ1) is 11.1. The lowest BCUT2D eigenvalue weighted by Crippen LogP contribution is -2.37. The predicted octanol–water partition coefficient (Wildman–Crippen LogP) is 0.953. The summed E-state index contributed by atoms with van der Waals surface area (Å²) in [4.78, 5) is 18.2. The number of pyridine rings is 1. The minimum Gasteiger partial charge on any atom is -0.334 e. The van der Waals surface area contributed by atoms with Gasteiger partial charge >= 0.3 is 0 Å². The maximum Gasteiger partial charge on any atom is 0.254 e. The Morgan fingerprint density at radius 3 is 2.94 bits per heavy atom. The molecule has 1 aliphatic carbocycles. The van der Waals surface area contributed by atoms with Crippen LogP contribution in [-0.2, 0) is 0 Å². The van der Waals surface area contributed by atoms with E-state index in [4.69, 9.17) is 5.73 Å². The Labute approximate surface area is 95.5 Å². The molecule has 0 aromatic carbocycles. The summed E-state index contributed by atoms with van der Waals surface area (Å²) in [6.45, 7) is 3.05. The van der Waals surface area contributed by atoms with Crippen LogP contribution in [0.15, 0.2) is 18.3 Å². The topological polar surface area (TPSA) is 59.2 Å². The molecule has 0 saturated heterocycles. The molecule has 16 heavy (non-hydrogen) atoms. The van der Waals surface area contributed by atoms with Gasteiger partial charge in [-0.25, -0.2) is 0 Å². The normalized spacial score (nSPS) is 14.9. The Morgan fingerprint density at radius 2 is 2.38 bits per heavy atom. The number of nitrogens with zero attached hydrogens (tertiary/aromatic N) is 2. The van der Waals surface area contributed by atoms with Crippen LogP contribution in [0.4, 0.5) is 0 Å². The van der Waals surface area contributed by atoms with Gasteiger partial charge in [-0.1, -0.05) is 0 Å². The molecule has 0 atom stereocenters. The molecule has 2 N–H and O–H groups in total. The molecular formula is C12H17N3O. The van der Waals surface area contributed by atoms with Gasteiger partial charge in [-0.3, -0.25) is 9.78 Å². The van der Waals surface area contributed by atoms with Crippen molar-refractivity contribution >= 4 is 5.91 Å². The van der Waals surface area contributed by atoms with Gasteiger partial charge in [0.05, 0.1) is 0 Å². The van der Waals surface area contributed by atoms with E-state index in [2.05, 4.69) is 4.98 Å². The number of rotatable bonds is 4. The van der Waals surface area contributed by atoms with Gasteiger partial charge in [-0.15, -0.1) is 0 Å². The van der Waals surface area contributed by atoms with Gasteiger partial charge in [0.2, 0.25) is 0 Å². The molecule has 0 spiro atoms. The summed E-state index contributed by atoms with van der Waals surface area (Å²) in [5.41, 5.74) is 7.12. The standard InChI is InChI=1S/C12H17N3O/c1-9-8-10(4-6-14-9)12(16)15(7-5-13)11-2-3-11/h4,6,8,11H,2-3,5,7,13H2,1H3. The first-order valence-corrected chi connectivity index (χ1v) is 5.66. The van der Waals surface area contributed by atoms with Gasteiger partial charge in [0.1, 0.15) is 0 Å². The van der Waals surface area contributed by atoms with Gasteiger partial charge in [-0.05, 0) is 31.9 Å². The summed E-state index contributed by atoms with van der Waals surface area (Å²) >= 11 is 0. The molecule has 1 fully saturated rings. The van der Waals surface area contributed by atoms with E-state index in [1.807, 2.05) is 17.9 Å². The molecular weight excluding hydrogens is 202 g/mol. The zero-order valence-electron chi connectivity index (χ0n) is 9.52. The summed E-state index contributed by atoms with van der Waals surface area (Å²) in [6.07, 6.45) is 3.89. The Bertz CT molecular complexity index is 388. The van der Waals surface area contributed by atoms with Crippen molar-refractivity contribution in [3.63, 3.8) is 0 Å². The minimum absolute atomic E-state index is 0.0819. The second-order valence-electron chi connectivity index (χ2n) is 4.20.